The molecule has 1 unspecified atom stereocenters. The Hall–Kier alpha value is -3.12. The van der Waals surface area contributed by atoms with E-state index >= 15 is 0 Å². The number of halogens is 1. The number of carbonyl (C=O) groups is 2. The smallest absolute Gasteiger partial charge is 0.227 e. The van der Waals surface area contributed by atoms with Crippen LogP contribution in [0, 0.1) is 19.8 Å². The molecule has 1 saturated heterocycles. The first-order chi connectivity index (χ1) is 14.4. The Morgan fingerprint density at radius 3 is 2.67 bits per heavy atom. The van der Waals surface area contributed by atoms with Gasteiger partial charge >= 0.3 is 0 Å². The molecule has 2 amide bonds. The van der Waals surface area contributed by atoms with E-state index in [1.165, 1.54) is 5.56 Å². The fourth-order valence-corrected chi connectivity index (χ4v) is 3.62. The highest BCUT2D eigenvalue weighted by Gasteiger charge is 2.35. The van der Waals surface area contributed by atoms with Gasteiger partial charge in [0.15, 0.2) is 5.76 Å². The highest BCUT2D eigenvalue weighted by Crippen LogP contribution is 2.27. The maximum Gasteiger partial charge on any atom is 0.227 e. The molecule has 1 fully saturated rings. The van der Waals surface area contributed by atoms with E-state index in [-0.39, 0.29) is 30.7 Å². The van der Waals surface area contributed by atoms with Crippen LogP contribution >= 0.6 is 11.6 Å². The lowest BCUT2D eigenvalue weighted by Gasteiger charge is -2.18. The second-order valence-electron chi connectivity index (χ2n) is 7.58. The maximum absolute atomic E-state index is 12.6. The molecule has 7 heteroatoms. The van der Waals surface area contributed by atoms with Gasteiger partial charge in [0.2, 0.25) is 11.8 Å². The van der Waals surface area contributed by atoms with Gasteiger partial charge in [-0.05, 0) is 61.4 Å². The Kier molecular flexibility index (Phi) is 5.59. The molecule has 4 rings (SSSR count). The number of aryl methyl sites for hydroxylation is 2. The molecule has 3 aromatic rings. The number of nitrogens with one attached hydrogen (secondary N) is 1. The van der Waals surface area contributed by atoms with Gasteiger partial charge in [-0.25, -0.2) is 0 Å². The van der Waals surface area contributed by atoms with Crippen molar-refractivity contribution in [3.63, 3.8) is 0 Å². The van der Waals surface area contributed by atoms with E-state index in [1.807, 2.05) is 44.2 Å². The normalized spacial score (nSPS) is 16.2. The molecule has 0 aliphatic carbocycles. The summed E-state index contributed by atoms with van der Waals surface area (Å²) in [5.41, 5.74) is 4.60. The number of rotatable bonds is 5. The monoisotopic (exact) mass is 423 g/mol. The minimum absolute atomic E-state index is 0.0372. The Morgan fingerprint density at radius 2 is 1.93 bits per heavy atom. The van der Waals surface area contributed by atoms with Gasteiger partial charge in [-0.2, -0.15) is 0 Å². The number of amides is 2. The summed E-state index contributed by atoms with van der Waals surface area (Å²) >= 11 is 5.90. The second-order valence-corrected chi connectivity index (χ2v) is 8.02. The second kappa shape index (κ2) is 8.32. The van der Waals surface area contributed by atoms with Gasteiger partial charge in [0.25, 0.3) is 0 Å². The molecule has 2 heterocycles. The van der Waals surface area contributed by atoms with Gasteiger partial charge in [-0.3, -0.25) is 9.59 Å². The Labute approximate surface area is 179 Å². The molecule has 30 heavy (non-hydrogen) atoms. The zero-order valence-electron chi connectivity index (χ0n) is 16.8. The van der Waals surface area contributed by atoms with Crippen molar-refractivity contribution < 1.29 is 14.1 Å². The van der Waals surface area contributed by atoms with Gasteiger partial charge in [-0.15, -0.1) is 0 Å². The largest absolute Gasteiger partial charge is 0.356 e. The molecule has 1 atom stereocenters. The summed E-state index contributed by atoms with van der Waals surface area (Å²) < 4.78 is 5.35. The molecule has 1 aromatic heterocycles. The van der Waals surface area contributed by atoms with Gasteiger partial charge in [-0.1, -0.05) is 22.8 Å². The van der Waals surface area contributed by atoms with Crippen LogP contribution in [-0.2, 0) is 16.1 Å². The van der Waals surface area contributed by atoms with Crippen molar-refractivity contribution in [2.24, 2.45) is 5.92 Å². The number of hydrogen-bond donors (Lipinski definition) is 1. The first-order valence-electron chi connectivity index (χ1n) is 9.77. The van der Waals surface area contributed by atoms with Gasteiger partial charge in [0.05, 0.1) is 12.5 Å². The highest BCUT2D eigenvalue weighted by molar-refractivity contribution is 6.30. The summed E-state index contributed by atoms with van der Waals surface area (Å²) in [6, 6.07) is 14.9. The van der Waals surface area contributed by atoms with Crippen molar-refractivity contribution in [3.05, 3.63) is 70.4 Å². The van der Waals surface area contributed by atoms with Gasteiger partial charge in [0.1, 0.15) is 5.69 Å². The molecular formula is C23H22ClN3O3. The van der Waals surface area contributed by atoms with Gasteiger partial charge < -0.3 is 14.7 Å². The van der Waals surface area contributed by atoms with Crippen molar-refractivity contribution in [2.75, 3.05) is 11.4 Å². The Balaban J connectivity index is 1.36. The molecule has 0 bridgehead atoms. The van der Waals surface area contributed by atoms with Gasteiger partial charge in [0, 0.05) is 35.3 Å². The SMILES string of the molecule is Cc1ccc(N2CC(C(=O)NCc3cc(-c4ccc(Cl)cc4)on3)CC2=O)cc1C. The number of anilines is 1. The van der Waals surface area contributed by atoms with Crippen molar-refractivity contribution in [3.8, 4) is 11.3 Å². The van der Waals surface area contributed by atoms with E-state index in [1.54, 1.807) is 23.1 Å². The average Bonchev–Trinajstić information content (AvgIpc) is 3.36. The van der Waals surface area contributed by atoms with Crippen LogP contribution in [0.25, 0.3) is 11.3 Å². The average molecular weight is 424 g/mol. The van der Waals surface area contributed by atoms with Crippen LogP contribution in [0.1, 0.15) is 23.2 Å². The number of aromatic nitrogens is 1. The van der Waals surface area contributed by atoms with E-state index in [2.05, 4.69) is 10.5 Å². The molecular weight excluding hydrogens is 402 g/mol. The zero-order valence-corrected chi connectivity index (χ0v) is 17.6. The summed E-state index contributed by atoms with van der Waals surface area (Å²) in [4.78, 5) is 26.8. The molecule has 2 aromatic carbocycles. The molecule has 0 saturated carbocycles. The maximum atomic E-state index is 12.6. The molecule has 1 aliphatic heterocycles. The molecule has 154 valence electrons. The van der Waals surface area contributed by atoms with Crippen molar-refractivity contribution >= 4 is 29.1 Å². The van der Waals surface area contributed by atoms with E-state index in [0.29, 0.717) is 23.0 Å². The zero-order chi connectivity index (χ0) is 21.3. The fourth-order valence-electron chi connectivity index (χ4n) is 3.49. The number of hydrogen-bond acceptors (Lipinski definition) is 4. The van der Waals surface area contributed by atoms with E-state index in [0.717, 1.165) is 16.8 Å². The predicted molar refractivity (Wildman–Crippen MR) is 115 cm³/mol. The quantitative estimate of drug-likeness (QED) is 0.664. The molecule has 0 spiro atoms. The number of carbonyl (C=O) groups excluding carboxylic acids is 2. The van der Waals surface area contributed by atoms with Crippen LogP contribution in [0.5, 0.6) is 0 Å². The van der Waals surface area contributed by atoms with E-state index in [4.69, 9.17) is 16.1 Å². The van der Waals surface area contributed by atoms with E-state index < -0.39 is 0 Å². The highest BCUT2D eigenvalue weighted by atomic mass is 35.5. The first-order valence-corrected chi connectivity index (χ1v) is 10.2. The summed E-state index contributed by atoms with van der Waals surface area (Å²) in [7, 11) is 0. The summed E-state index contributed by atoms with van der Waals surface area (Å²) in [5.74, 6) is 0.0187. The summed E-state index contributed by atoms with van der Waals surface area (Å²) in [6.07, 6.45) is 0.202. The fraction of sp³-hybridized carbons (Fsp3) is 0.261. The van der Waals surface area contributed by atoms with Crippen LogP contribution in [0.15, 0.2) is 53.1 Å². The first kappa shape index (κ1) is 20.2. The summed E-state index contributed by atoms with van der Waals surface area (Å²) in [6.45, 7) is 4.66. The lowest BCUT2D eigenvalue weighted by Crippen LogP contribution is -2.32. The third-order valence-electron chi connectivity index (χ3n) is 5.43. The minimum atomic E-state index is -0.387. The van der Waals surface area contributed by atoms with Crippen LogP contribution in [-0.4, -0.2) is 23.5 Å². The lowest BCUT2D eigenvalue weighted by molar-refractivity contribution is -0.126. The van der Waals surface area contributed by atoms with Crippen LogP contribution in [0.4, 0.5) is 5.69 Å². The molecule has 1 N–H and O–H groups in total. The molecule has 1 aliphatic rings. The number of nitrogens with zero attached hydrogens (tertiary/aromatic N) is 2. The topological polar surface area (TPSA) is 75.4 Å². The minimum Gasteiger partial charge on any atom is -0.356 e. The molecule has 0 radical (unpaired) electrons. The standard InChI is InChI=1S/C23H22ClN3O3/c1-14-3-8-20(9-15(14)2)27-13-17(10-22(27)28)23(29)25-12-19-11-21(30-26-19)16-4-6-18(24)7-5-16/h3-9,11,17H,10,12-13H2,1-2H3,(H,25,29). The predicted octanol–water partition coefficient (Wildman–Crippen LogP) is 4.28. The van der Waals surface area contributed by atoms with E-state index in [9.17, 15) is 9.59 Å². The van der Waals surface area contributed by atoms with Crippen LogP contribution in [0.3, 0.4) is 0 Å². The third-order valence-corrected chi connectivity index (χ3v) is 5.68. The van der Waals surface area contributed by atoms with Crippen molar-refractivity contribution in [2.45, 2.75) is 26.8 Å². The lowest BCUT2D eigenvalue weighted by atomic mass is 10.1. The van der Waals surface area contributed by atoms with Crippen molar-refractivity contribution in [1.29, 1.82) is 0 Å². The Morgan fingerprint density at radius 1 is 1.17 bits per heavy atom. The number of benzene rings is 2. The summed E-state index contributed by atoms with van der Waals surface area (Å²) in [5, 5.41) is 7.52. The van der Waals surface area contributed by atoms with Crippen LogP contribution < -0.4 is 10.2 Å². The third kappa shape index (κ3) is 4.24. The van der Waals surface area contributed by atoms with Crippen LogP contribution in [0.2, 0.25) is 5.02 Å². The molecule has 6 nitrogen and oxygen atoms in total. The van der Waals surface area contributed by atoms with Crippen molar-refractivity contribution in [1.82, 2.24) is 10.5 Å². The Bertz CT molecular complexity index is 1090.